The quantitative estimate of drug-likeness (QED) is 0.610. The summed E-state index contributed by atoms with van der Waals surface area (Å²) in [6.07, 6.45) is 6.98. The zero-order valence-electron chi connectivity index (χ0n) is 11.2. The Labute approximate surface area is 112 Å². The van der Waals surface area contributed by atoms with Crippen LogP contribution in [-0.2, 0) is 0 Å². The van der Waals surface area contributed by atoms with Crippen LogP contribution in [0.3, 0.4) is 0 Å². The van der Waals surface area contributed by atoms with Crippen LogP contribution in [-0.4, -0.2) is 19.4 Å². The van der Waals surface area contributed by atoms with E-state index in [0.29, 0.717) is 6.29 Å². The van der Waals surface area contributed by atoms with Crippen LogP contribution in [0.25, 0.3) is 0 Å². The second-order valence-corrected chi connectivity index (χ2v) is 5.21. The maximum atomic E-state index is 14.0. The van der Waals surface area contributed by atoms with Crippen LogP contribution in [0.15, 0.2) is 12.1 Å². The fraction of sp³-hybridized carbons (Fsp3) is 0.533. The predicted octanol–water partition coefficient (Wildman–Crippen LogP) is 3.94. The number of carbonyl (C=O) groups is 1. The standard InChI is InChI=1S/C15H19F2NO/c1-18(12-6-4-2-3-5-7-12)15-13(16)8-11(10-19)9-14(15)17/h8-10,12H,2-7H2,1H3. The van der Waals surface area contributed by atoms with Crippen molar-refractivity contribution in [2.24, 2.45) is 0 Å². The van der Waals surface area contributed by atoms with Gasteiger partial charge in [0.25, 0.3) is 0 Å². The molecule has 1 aromatic carbocycles. The molecule has 1 aliphatic carbocycles. The van der Waals surface area contributed by atoms with Crippen LogP contribution < -0.4 is 4.90 Å². The summed E-state index contributed by atoms with van der Waals surface area (Å²) in [5.41, 5.74) is 0.0190. The number of anilines is 1. The summed E-state index contributed by atoms with van der Waals surface area (Å²) in [4.78, 5) is 12.3. The largest absolute Gasteiger partial charge is 0.367 e. The molecule has 1 saturated carbocycles. The van der Waals surface area contributed by atoms with Gasteiger partial charge < -0.3 is 4.90 Å². The molecule has 0 amide bonds. The predicted molar refractivity (Wildman–Crippen MR) is 71.6 cm³/mol. The second-order valence-electron chi connectivity index (χ2n) is 5.21. The summed E-state index contributed by atoms with van der Waals surface area (Å²) in [7, 11) is 1.73. The Hall–Kier alpha value is -1.45. The zero-order chi connectivity index (χ0) is 13.8. The molecular weight excluding hydrogens is 248 g/mol. The normalized spacial score (nSPS) is 17.0. The van der Waals surface area contributed by atoms with Gasteiger partial charge in [0.15, 0.2) is 0 Å². The van der Waals surface area contributed by atoms with Gasteiger partial charge >= 0.3 is 0 Å². The van der Waals surface area contributed by atoms with E-state index in [0.717, 1.165) is 37.8 Å². The molecule has 0 atom stereocenters. The molecule has 0 radical (unpaired) electrons. The summed E-state index contributed by atoms with van der Waals surface area (Å²) in [5, 5.41) is 0. The average Bonchev–Trinajstić information content (AvgIpc) is 2.66. The Balaban J connectivity index is 2.27. The van der Waals surface area contributed by atoms with E-state index in [4.69, 9.17) is 0 Å². The third kappa shape index (κ3) is 3.11. The molecule has 0 unspecified atom stereocenters. The molecule has 0 heterocycles. The average molecular weight is 267 g/mol. The van der Waals surface area contributed by atoms with Gasteiger partial charge in [-0.2, -0.15) is 0 Å². The first kappa shape index (κ1) is 14.0. The Morgan fingerprint density at radius 1 is 1.11 bits per heavy atom. The minimum absolute atomic E-state index is 0.0162. The lowest BCUT2D eigenvalue weighted by Crippen LogP contribution is -2.32. The molecule has 0 saturated heterocycles. The van der Waals surface area contributed by atoms with Gasteiger partial charge in [-0.1, -0.05) is 25.7 Å². The first-order valence-corrected chi connectivity index (χ1v) is 6.80. The number of rotatable bonds is 3. The molecule has 1 aliphatic rings. The Morgan fingerprint density at radius 2 is 1.63 bits per heavy atom. The van der Waals surface area contributed by atoms with Crippen LogP contribution in [0.2, 0.25) is 0 Å². The van der Waals surface area contributed by atoms with E-state index in [1.807, 2.05) is 0 Å². The monoisotopic (exact) mass is 267 g/mol. The van der Waals surface area contributed by atoms with Gasteiger partial charge in [-0.15, -0.1) is 0 Å². The van der Waals surface area contributed by atoms with E-state index < -0.39 is 11.6 Å². The maximum absolute atomic E-state index is 14.0. The minimum atomic E-state index is -0.658. The van der Waals surface area contributed by atoms with Gasteiger partial charge in [0.05, 0.1) is 0 Å². The topological polar surface area (TPSA) is 20.3 Å². The summed E-state index contributed by atoms with van der Waals surface area (Å²) in [5.74, 6) is -1.32. The van der Waals surface area contributed by atoms with Gasteiger partial charge in [0.1, 0.15) is 23.6 Å². The van der Waals surface area contributed by atoms with E-state index in [1.54, 1.807) is 11.9 Å². The van der Waals surface area contributed by atoms with Gasteiger partial charge in [-0.05, 0) is 25.0 Å². The molecular formula is C15H19F2NO. The van der Waals surface area contributed by atoms with E-state index in [-0.39, 0.29) is 17.3 Å². The first-order chi connectivity index (χ1) is 9.13. The maximum Gasteiger partial charge on any atom is 0.150 e. The van der Waals surface area contributed by atoms with E-state index >= 15 is 0 Å². The van der Waals surface area contributed by atoms with Crippen molar-refractivity contribution >= 4 is 12.0 Å². The molecule has 0 aliphatic heterocycles. The third-order valence-corrected chi connectivity index (χ3v) is 3.90. The molecule has 4 heteroatoms. The molecule has 2 rings (SSSR count). The minimum Gasteiger partial charge on any atom is -0.367 e. The second kappa shape index (κ2) is 6.13. The van der Waals surface area contributed by atoms with Crippen molar-refractivity contribution in [2.45, 2.75) is 44.6 Å². The van der Waals surface area contributed by atoms with Crippen LogP contribution in [0.5, 0.6) is 0 Å². The lowest BCUT2D eigenvalue weighted by atomic mass is 10.1. The molecule has 0 spiro atoms. The highest BCUT2D eigenvalue weighted by Gasteiger charge is 2.22. The zero-order valence-corrected chi connectivity index (χ0v) is 11.2. The fourth-order valence-electron chi connectivity index (χ4n) is 2.82. The Bertz CT molecular complexity index is 430. The van der Waals surface area contributed by atoms with Crippen molar-refractivity contribution in [1.82, 2.24) is 0 Å². The van der Waals surface area contributed by atoms with Crippen molar-refractivity contribution in [2.75, 3.05) is 11.9 Å². The number of hydrogen-bond acceptors (Lipinski definition) is 2. The number of carbonyl (C=O) groups excluding carboxylic acids is 1. The Morgan fingerprint density at radius 3 is 2.11 bits per heavy atom. The van der Waals surface area contributed by atoms with Crippen LogP contribution in [0.4, 0.5) is 14.5 Å². The smallest absolute Gasteiger partial charge is 0.150 e. The van der Waals surface area contributed by atoms with Crippen molar-refractivity contribution in [1.29, 1.82) is 0 Å². The van der Waals surface area contributed by atoms with Crippen LogP contribution in [0.1, 0.15) is 48.9 Å². The number of aldehydes is 1. The Kier molecular flexibility index (Phi) is 4.51. The summed E-state index contributed by atoms with van der Waals surface area (Å²) in [6, 6.07) is 2.37. The number of hydrogen-bond donors (Lipinski definition) is 0. The van der Waals surface area contributed by atoms with E-state index in [9.17, 15) is 13.6 Å². The lowest BCUT2D eigenvalue weighted by Gasteiger charge is -2.30. The molecule has 2 nitrogen and oxygen atoms in total. The first-order valence-electron chi connectivity index (χ1n) is 6.80. The molecule has 1 aromatic rings. The lowest BCUT2D eigenvalue weighted by molar-refractivity contribution is 0.112. The highest BCUT2D eigenvalue weighted by molar-refractivity contribution is 5.76. The molecule has 0 bridgehead atoms. The number of nitrogens with zero attached hydrogens (tertiary/aromatic N) is 1. The number of benzene rings is 1. The summed E-state index contributed by atoms with van der Waals surface area (Å²) >= 11 is 0. The van der Waals surface area contributed by atoms with Gasteiger partial charge in [-0.25, -0.2) is 8.78 Å². The van der Waals surface area contributed by atoms with Crippen molar-refractivity contribution in [3.63, 3.8) is 0 Å². The highest BCUT2D eigenvalue weighted by atomic mass is 19.1. The molecule has 1 fully saturated rings. The molecule has 104 valence electrons. The van der Waals surface area contributed by atoms with E-state index in [2.05, 4.69) is 0 Å². The molecule has 19 heavy (non-hydrogen) atoms. The van der Waals surface area contributed by atoms with Crippen LogP contribution >= 0.6 is 0 Å². The van der Waals surface area contributed by atoms with Gasteiger partial charge in [0.2, 0.25) is 0 Å². The molecule has 0 aromatic heterocycles. The third-order valence-electron chi connectivity index (χ3n) is 3.90. The SMILES string of the molecule is CN(c1c(F)cc(C=O)cc1F)C1CCCCCC1. The fourth-order valence-corrected chi connectivity index (χ4v) is 2.82. The summed E-state index contributed by atoms with van der Waals surface area (Å²) < 4.78 is 27.9. The number of halogens is 2. The van der Waals surface area contributed by atoms with Gasteiger partial charge in [-0.3, -0.25) is 4.79 Å². The van der Waals surface area contributed by atoms with Crippen molar-refractivity contribution in [3.05, 3.63) is 29.3 Å². The van der Waals surface area contributed by atoms with E-state index in [1.165, 1.54) is 12.8 Å². The molecule has 0 N–H and O–H groups in total. The summed E-state index contributed by atoms with van der Waals surface area (Å²) in [6.45, 7) is 0. The van der Waals surface area contributed by atoms with Crippen LogP contribution in [0, 0.1) is 11.6 Å². The van der Waals surface area contributed by atoms with Crippen molar-refractivity contribution in [3.8, 4) is 0 Å². The van der Waals surface area contributed by atoms with Gasteiger partial charge in [0, 0.05) is 18.7 Å². The van der Waals surface area contributed by atoms with Crippen molar-refractivity contribution < 1.29 is 13.6 Å². The highest BCUT2D eigenvalue weighted by Crippen LogP contribution is 2.29.